The summed E-state index contributed by atoms with van der Waals surface area (Å²) in [6.45, 7) is -0.623. The zero-order valence-electron chi connectivity index (χ0n) is 11.7. The van der Waals surface area contributed by atoms with Gasteiger partial charge in [-0.3, -0.25) is 14.9 Å². The van der Waals surface area contributed by atoms with Gasteiger partial charge in [-0.15, -0.1) is 0 Å². The summed E-state index contributed by atoms with van der Waals surface area (Å²) in [5.74, 6) is -2.08. The molecule has 1 amide bonds. The van der Waals surface area contributed by atoms with Crippen molar-refractivity contribution in [1.82, 2.24) is 0 Å². The van der Waals surface area contributed by atoms with Crippen LogP contribution in [0.5, 0.6) is 0 Å². The first-order chi connectivity index (χ1) is 11.0. The number of benzene rings is 2. The number of carbonyl (C=O) groups is 2. The third kappa shape index (κ3) is 4.34. The minimum atomic E-state index is -0.980. The minimum absolute atomic E-state index is 0.243. The maximum absolute atomic E-state index is 12.7. The van der Waals surface area contributed by atoms with Gasteiger partial charge in [-0.05, 0) is 30.3 Å². The topological polar surface area (TPSA) is 98.5 Å². The molecule has 2 aromatic rings. The fourth-order valence-corrected chi connectivity index (χ4v) is 1.74. The molecule has 0 atom stereocenters. The fraction of sp³-hybridized carbons (Fsp3) is 0.0667. The SMILES string of the molecule is O=C(COC(=O)c1ccccc1[N+](=O)[O-])Nc1ccc(F)cc1. The molecule has 0 bridgehead atoms. The predicted octanol–water partition coefficient (Wildman–Crippen LogP) is 2.53. The molecule has 0 aliphatic heterocycles. The summed E-state index contributed by atoms with van der Waals surface area (Å²) >= 11 is 0. The number of rotatable bonds is 5. The third-order valence-electron chi connectivity index (χ3n) is 2.78. The van der Waals surface area contributed by atoms with E-state index in [1.807, 2.05) is 0 Å². The molecule has 0 radical (unpaired) electrons. The number of nitro groups is 1. The maximum Gasteiger partial charge on any atom is 0.345 e. The van der Waals surface area contributed by atoms with Crippen LogP contribution in [0.25, 0.3) is 0 Å². The number of nitro benzene ring substituents is 1. The summed E-state index contributed by atoms with van der Waals surface area (Å²) < 4.78 is 17.5. The van der Waals surface area contributed by atoms with Crippen LogP contribution < -0.4 is 5.32 Å². The van der Waals surface area contributed by atoms with Gasteiger partial charge in [0.05, 0.1) is 4.92 Å². The van der Waals surface area contributed by atoms with E-state index in [4.69, 9.17) is 4.74 Å². The summed E-state index contributed by atoms with van der Waals surface area (Å²) in [5.41, 5.74) is -0.318. The highest BCUT2D eigenvalue weighted by molar-refractivity contribution is 5.97. The smallest absolute Gasteiger partial charge is 0.345 e. The Hall–Kier alpha value is -3.29. The maximum atomic E-state index is 12.7. The van der Waals surface area contributed by atoms with E-state index in [-0.39, 0.29) is 5.56 Å². The molecular formula is C15H11FN2O5. The minimum Gasteiger partial charge on any atom is -0.452 e. The van der Waals surface area contributed by atoms with Gasteiger partial charge in [0, 0.05) is 11.8 Å². The molecule has 0 aromatic heterocycles. The fourth-order valence-electron chi connectivity index (χ4n) is 1.74. The van der Waals surface area contributed by atoms with Crippen molar-refractivity contribution < 1.29 is 23.6 Å². The molecule has 2 aromatic carbocycles. The summed E-state index contributed by atoms with van der Waals surface area (Å²) in [5, 5.41) is 13.2. The zero-order chi connectivity index (χ0) is 16.8. The molecule has 7 nitrogen and oxygen atoms in total. The van der Waals surface area contributed by atoms with E-state index in [2.05, 4.69) is 5.32 Å². The van der Waals surface area contributed by atoms with Gasteiger partial charge in [-0.2, -0.15) is 0 Å². The van der Waals surface area contributed by atoms with Crippen molar-refractivity contribution in [2.75, 3.05) is 11.9 Å². The van der Waals surface area contributed by atoms with Gasteiger partial charge in [-0.1, -0.05) is 12.1 Å². The molecule has 0 spiro atoms. The molecule has 118 valence electrons. The molecular weight excluding hydrogens is 307 g/mol. The lowest BCUT2D eigenvalue weighted by molar-refractivity contribution is -0.385. The number of nitrogens with zero attached hydrogens (tertiary/aromatic N) is 1. The third-order valence-corrected chi connectivity index (χ3v) is 2.78. The van der Waals surface area contributed by atoms with Gasteiger partial charge in [-0.25, -0.2) is 9.18 Å². The van der Waals surface area contributed by atoms with Gasteiger partial charge in [0.1, 0.15) is 11.4 Å². The predicted molar refractivity (Wildman–Crippen MR) is 78.4 cm³/mol. The lowest BCUT2D eigenvalue weighted by Gasteiger charge is -2.07. The number of amides is 1. The first kappa shape index (κ1) is 16.1. The quantitative estimate of drug-likeness (QED) is 0.519. The normalized spacial score (nSPS) is 9.96. The van der Waals surface area contributed by atoms with E-state index in [1.165, 1.54) is 30.3 Å². The molecule has 8 heteroatoms. The number of ether oxygens (including phenoxy) is 1. The van der Waals surface area contributed by atoms with E-state index in [9.17, 15) is 24.1 Å². The Morgan fingerprint density at radius 2 is 1.78 bits per heavy atom. The summed E-state index contributed by atoms with van der Waals surface area (Å²) in [4.78, 5) is 33.6. The Kier molecular flexibility index (Phi) is 4.98. The molecule has 0 aliphatic rings. The van der Waals surface area contributed by atoms with Crippen molar-refractivity contribution in [3.8, 4) is 0 Å². The Balaban J connectivity index is 1.95. The molecule has 0 saturated carbocycles. The average molecular weight is 318 g/mol. The second kappa shape index (κ2) is 7.12. The molecule has 0 unspecified atom stereocenters. The van der Waals surface area contributed by atoms with Crippen LogP contribution in [0, 0.1) is 15.9 Å². The molecule has 0 fully saturated rings. The van der Waals surface area contributed by atoms with Crippen molar-refractivity contribution in [2.24, 2.45) is 0 Å². The van der Waals surface area contributed by atoms with Gasteiger partial charge in [0.2, 0.25) is 0 Å². The number of anilines is 1. The van der Waals surface area contributed by atoms with Crippen LogP contribution in [-0.4, -0.2) is 23.4 Å². The highest BCUT2D eigenvalue weighted by atomic mass is 19.1. The van der Waals surface area contributed by atoms with E-state index < -0.39 is 34.9 Å². The number of nitrogens with one attached hydrogen (secondary N) is 1. The standard InChI is InChI=1S/C15H11FN2O5/c16-10-5-7-11(8-6-10)17-14(19)9-23-15(20)12-3-1-2-4-13(12)18(21)22/h1-8H,9H2,(H,17,19). The van der Waals surface area contributed by atoms with E-state index >= 15 is 0 Å². The Morgan fingerprint density at radius 3 is 2.43 bits per heavy atom. The molecule has 0 saturated heterocycles. The summed E-state index contributed by atoms with van der Waals surface area (Å²) in [7, 11) is 0. The van der Waals surface area contributed by atoms with Crippen molar-refractivity contribution in [1.29, 1.82) is 0 Å². The average Bonchev–Trinajstić information content (AvgIpc) is 2.54. The highest BCUT2D eigenvalue weighted by Gasteiger charge is 2.21. The Bertz CT molecular complexity index is 746. The summed E-state index contributed by atoms with van der Waals surface area (Å²) in [6, 6.07) is 10.3. The molecule has 23 heavy (non-hydrogen) atoms. The molecule has 0 aliphatic carbocycles. The number of para-hydroxylation sites is 1. The number of halogens is 1. The molecule has 0 heterocycles. The van der Waals surface area contributed by atoms with E-state index in [0.717, 1.165) is 18.2 Å². The molecule has 1 N–H and O–H groups in total. The first-order valence-electron chi connectivity index (χ1n) is 6.43. The van der Waals surface area contributed by atoms with Crippen molar-refractivity contribution in [3.63, 3.8) is 0 Å². The lowest BCUT2D eigenvalue weighted by Crippen LogP contribution is -2.21. The monoisotopic (exact) mass is 318 g/mol. The second-order valence-corrected chi connectivity index (χ2v) is 4.41. The zero-order valence-corrected chi connectivity index (χ0v) is 11.7. The van der Waals surface area contributed by atoms with Crippen LogP contribution in [0.1, 0.15) is 10.4 Å². The Morgan fingerprint density at radius 1 is 1.13 bits per heavy atom. The van der Waals surface area contributed by atoms with Crippen LogP contribution in [0.4, 0.5) is 15.8 Å². The summed E-state index contributed by atoms with van der Waals surface area (Å²) in [6.07, 6.45) is 0. The van der Waals surface area contributed by atoms with Crippen LogP contribution in [-0.2, 0) is 9.53 Å². The molecule has 2 rings (SSSR count). The van der Waals surface area contributed by atoms with Crippen LogP contribution in [0.2, 0.25) is 0 Å². The van der Waals surface area contributed by atoms with Crippen molar-refractivity contribution in [3.05, 3.63) is 70.0 Å². The Labute approximate surface area is 129 Å². The number of hydrogen-bond acceptors (Lipinski definition) is 5. The number of esters is 1. The van der Waals surface area contributed by atoms with E-state index in [1.54, 1.807) is 0 Å². The van der Waals surface area contributed by atoms with Gasteiger partial charge in [0.25, 0.3) is 11.6 Å². The van der Waals surface area contributed by atoms with Crippen LogP contribution >= 0.6 is 0 Å². The van der Waals surface area contributed by atoms with Gasteiger partial charge < -0.3 is 10.1 Å². The highest BCUT2D eigenvalue weighted by Crippen LogP contribution is 2.18. The van der Waals surface area contributed by atoms with Crippen LogP contribution in [0.15, 0.2) is 48.5 Å². The van der Waals surface area contributed by atoms with Gasteiger partial charge >= 0.3 is 5.97 Å². The number of carbonyl (C=O) groups excluding carboxylic acids is 2. The number of hydrogen-bond donors (Lipinski definition) is 1. The van der Waals surface area contributed by atoms with Crippen molar-refractivity contribution >= 4 is 23.3 Å². The van der Waals surface area contributed by atoms with Gasteiger partial charge in [0.15, 0.2) is 6.61 Å². The van der Waals surface area contributed by atoms with Crippen molar-refractivity contribution in [2.45, 2.75) is 0 Å². The van der Waals surface area contributed by atoms with E-state index in [0.29, 0.717) is 5.69 Å². The van der Waals surface area contributed by atoms with Crippen LogP contribution in [0.3, 0.4) is 0 Å². The first-order valence-corrected chi connectivity index (χ1v) is 6.43. The second-order valence-electron chi connectivity index (χ2n) is 4.41. The lowest BCUT2D eigenvalue weighted by atomic mass is 10.2. The largest absolute Gasteiger partial charge is 0.452 e.